The fourth-order valence-electron chi connectivity index (χ4n) is 8.75. The van der Waals surface area contributed by atoms with Gasteiger partial charge in [0.15, 0.2) is 0 Å². The first-order valence-corrected chi connectivity index (χ1v) is 18.8. The first-order valence-electron chi connectivity index (χ1n) is 17.3. The van der Waals surface area contributed by atoms with Gasteiger partial charge >= 0.3 is 10.2 Å². The molecule has 2 atom stereocenters. The molecule has 8 rings (SSSR count). The third-order valence-electron chi connectivity index (χ3n) is 11.6. The van der Waals surface area contributed by atoms with E-state index in [4.69, 9.17) is 4.74 Å². The van der Waals surface area contributed by atoms with Crippen LogP contribution in [0.4, 0.5) is 0 Å². The van der Waals surface area contributed by atoms with Crippen molar-refractivity contribution in [3.63, 3.8) is 0 Å². The Balaban J connectivity index is 1.29. The highest BCUT2D eigenvalue weighted by Crippen LogP contribution is 2.66. The highest BCUT2D eigenvalue weighted by Gasteiger charge is 2.63. The van der Waals surface area contributed by atoms with E-state index in [-0.39, 0.29) is 11.8 Å². The van der Waals surface area contributed by atoms with Gasteiger partial charge in [0.05, 0.1) is 18.2 Å². The summed E-state index contributed by atoms with van der Waals surface area (Å²) in [7, 11) is -0.0768. The van der Waals surface area contributed by atoms with E-state index in [0.29, 0.717) is 31.1 Å². The molecule has 2 unspecified atom stereocenters. The van der Waals surface area contributed by atoms with Gasteiger partial charge in [0, 0.05) is 67.2 Å². The van der Waals surface area contributed by atoms with Gasteiger partial charge < -0.3 is 19.1 Å². The molecule has 4 fully saturated rings. The van der Waals surface area contributed by atoms with Gasteiger partial charge in [0.1, 0.15) is 5.75 Å². The highest BCUT2D eigenvalue weighted by atomic mass is 32.2. The van der Waals surface area contributed by atoms with Gasteiger partial charge in [-0.05, 0) is 93.1 Å². The van der Waals surface area contributed by atoms with Crippen LogP contribution in [0.25, 0.3) is 22.2 Å². The zero-order valence-corrected chi connectivity index (χ0v) is 28.3. The third-order valence-corrected chi connectivity index (χ3v) is 13.1. The molecule has 1 N–H and O–H groups in total. The molecule has 250 valence electrons. The molecule has 5 aliphatic rings. The summed E-state index contributed by atoms with van der Waals surface area (Å²) in [5.74, 6) is 0.820. The molecule has 11 heteroatoms. The SMILES string of the molecule is COc1ccc2c(c1)C1CC1(C(=O)N1CCCN(C)CC1)Cn1c-2c(C2CCCCC2)c2ccc(C(=O)NS(=O)(=O)N3CCC3)cc21. The molecule has 10 nitrogen and oxygen atoms in total. The number of ether oxygens (including phenoxy) is 1. The van der Waals surface area contributed by atoms with Crippen molar-refractivity contribution in [3.05, 3.63) is 53.1 Å². The molecular formula is C36H45N5O5S. The summed E-state index contributed by atoms with van der Waals surface area (Å²) in [5.41, 5.74) is 5.36. The van der Waals surface area contributed by atoms with Gasteiger partial charge in [-0.3, -0.25) is 9.59 Å². The number of hydrogen-bond acceptors (Lipinski definition) is 6. The second kappa shape index (κ2) is 11.6. The van der Waals surface area contributed by atoms with Crippen molar-refractivity contribution < 1.29 is 22.7 Å². The van der Waals surface area contributed by atoms with Crippen LogP contribution in [0.5, 0.6) is 5.75 Å². The van der Waals surface area contributed by atoms with Gasteiger partial charge in [-0.15, -0.1) is 0 Å². The van der Waals surface area contributed by atoms with Crippen LogP contribution in [0.2, 0.25) is 0 Å². The van der Waals surface area contributed by atoms with E-state index >= 15 is 0 Å². The van der Waals surface area contributed by atoms with E-state index < -0.39 is 21.5 Å². The molecular weight excluding hydrogens is 614 g/mol. The third kappa shape index (κ3) is 5.16. The summed E-state index contributed by atoms with van der Waals surface area (Å²) in [6.07, 6.45) is 8.31. The van der Waals surface area contributed by atoms with Gasteiger partial charge in [-0.2, -0.15) is 12.7 Å². The molecule has 1 aromatic heterocycles. The van der Waals surface area contributed by atoms with Crippen LogP contribution in [-0.4, -0.2) is 92.3 Å². The molecule has 2 amide bonds. The van der Waals surface area contributed by atoms with Crippen molar-refractivity contribution in [1.82, 2.24) is 23.4 Å². The smallest absolute Gasteiger partial charge is 0.304 e. The van der Waals surface area contributed by atoms with E-state index in [1.807, 2.05) is 18.2 Å². The molecule has 3 aromatic rings. The summed E-state index contributed by atoms with van der Waals surface area (Å²) in [4.78, 5) is 32.6. The van der Waals surface area contributed by atoms with Crippen molar-refractivity contribution in [2.45, 2.75) is 69.7 Å². The zero-order valence-electron chi connectivity index (χ0n) is 27.5. The largest absolute Gasteiger partial charge is 0.497 e. The second-order valence-corrected chi connectivity index (χ2v) is 16.1. The molecule has 0 bridgehead atoms. The van der Waals surface area contributed by atoms with Crippen molar-refractivity contribution in [2.75, 3.05) is 53.4 Å². The van der Waals surface area contributed by atoms with Crippen LogP contribution < -0.4 is 9.46 Å². The van der Waals surface area contributed by atoms with Gasteiger partial charge in [-0.25, -0.2) is 4.72 Å². The van der Waals surface area contributed by atoms with E-state index in [9.17, 15) is 18.0 Å². The number of hydrogen-bond donors (Lipinski definition) is 1. The normalized spacial score (nSPS) is 25.1. The number of amides is 2. The Kier molecular flexibility index (Phi) is 7.64. The number of likely N-dealkylation sites (N-methyl/N-ethyl adjacent to an activating group) is 1. The Hall–Kier alpha value is -3.41. The van der Waals surface area contributed by atoms with Gasteiger partial charge in [0.2, 0.25) is 5.91 Å². The van der Waals surface area contributed by atoms with Crippen LogP contribution in [-0.2, 0) is 21.5 Å². The van der Waals surface area contributed by atoms with E-state index in [0.717, 1.165) is 86.2 Å². The Morgan fingerprint density at radius 2 is 1.70 bits per heavy atom. The van der Waals surface area contributed by atoms with Crippen LogP contribution >= 0.6 is 0 Å². The minimum atomic E-state index is -3.89. The molecule has 2 saturated heterocycles. The van der Waals surface area contributed by atoms with Crippen molar-refractivity contribution >= 4 is 32.9 Å². The van der Waals surface area contributed by atoms with Crippen LogP contribution in [0.3, 0.4) is 0 Å². The number of nitrogens with zero attached hydrogens (tertiary/aromatic N) is 4. The lowest BCUT2D eigenvalue weighted by molar-refractivity contribution is -0.137. The fraction of sp³-hybridized carbons (Fsp3) is 0.556. The highest BCUT2D eigenvalue weighted by molar-refractivity contribution is 7.87. The number of benzene rings is 2. The second-order valence-electron chi connectivity index (χ2n) is 14.4. The maximum absolute atomic E-state index is 14.7. The predicted molar refractivity (Wildman–Crippen MR) is 181 cm³/mol. The lowest BCUT2D eigenvalue weighted by Gasteiger charge is -2.29. The monoisotopic (exact) mass is 659 g/mol. The van der Waals surface area contributed by atoms with E-state index in [1.165, 1.54) is 34.7 Å². The van der Waals surface area contributed by atoms with Crippen molar-refractivity contribution in [2.24, 2.45) is 5.41 Å². The Labute approximate surface area is 277 Å². The minimum Gasteiger partial charge on any atom is -0.497 e. The summed E-state index contributed by atoms with van der Waals surface area (Å²) < 4.78 is 37.3. The number of rotatable bonds is 6. The first-order chi connectivity index (χ1) is 22.7. The minimum absolute atomic E-state index is 0.0726. The summed E-state index contributed by atoms with van der Waals surface area (Å²) >= 11 is 0. The molecule has 0 spiro atoms. The quantitative estimate of drug-likeness (QED) is 0.412. The first kappa shape index (κ1) is 30.9. The van der Waals surface area contributed by atoms with Crippen LogP contribution in [0.1, 0.15) is 84.7 Å². The lowest BCUT2D eigenvalue weighted by atomic mass is 9.81. The summed E-state index contributed by atoms with van der Waals surface area (Å²) in [5, 5.41) is 1.09. The number of methoxy groups -OCH3 is 1. The van der Waals surface area contributed by atoms with Crippen molar-refractivity contribution in [3.8, 4) is 17.0 Å². The number of aromatic nitrogens is 1. The molecule has 47 heavy (non-hydrogen) atoms. The maximum atomic E-state index is 14.7. The molecule has 2 aliphatic carbocycles. The molecule has 3 aliphatic heterocycles. The number of nitrogens with one attached hydrogen (secondary N) is 1. The molecule has 2 aromatic carbocycles. The Morgan fingerprint density at radius 3 is 2.45 bits per heavy atom. The fourth-order valence-corrected chi connectivity index (χ4v) is 9.98. The van der Waals surface area contributed by atoms with Crippen LogP contribution in [0.15, 0.2) is 36.4 Å². The number of fused-ring (bicyclic) bond motifs is 7. The summed E-state index contributed by atoms with van der Waals surface area (Å²) in [6.45, 7) is 4.69. The molecule has 4 heterocycles. The number of carbonyl (C=O) groups excluding carboxylic acids is 2. The Bertz CT molecular complexity index is 1860. The van der Waals surface area contributed by atoms with Crippen molar-refractivity contribution in [1.29, 1.82) is 0 Å². The summed E-state index contributed by atoms with van der Waals surface area (Å²) in [6, 6.07) is 12.0. The molecule has 2 saturated carbocycles. The van der Waals surface area contributed by atoms with E-state index in [1.54, 1.807) is 13.2 Å². The molecule has 0 radical (unpaired) electrons. The average Bonchev–Trinajstić information content (AvgIpc) is 3.75. The van der Waals surface area contributed by atoms with Gasteiger partial charge in [-0.1, -0.05) is 25.3 Å². The zero-order chi connectivity index (χ0) is 32.5. The van der Waals surface area contributed by atoms with E-state index in [2.05, 4.69) is 38.3 Å². The maximum Gasteiger partial charge on any atom is 0.304 e. The van der Waals surface area contributed by atoms with Crippen LogP contribution in [0, 0.1) is 5.41 Å². The average molecular weight is 660 g/mol. The Morgan fingerprint density at radius 1 is 0.915 bits per heavy atom. The topological polar surface area (TPSA) is 104 Å². The lowest BCUT2D eigenvalue weighted by Crippen LogP contribution is -2.49. The predicted octanol–water partition coefficient (Wildman–Crippen LogP) is 4.70. The standard InChI is InChI=1S/C36H45N5O5S/c1-38-14-6-15-39(19-18-38)35(43)36-22-30(36)29-21-26(46-2)11-13-27(29)33-32(24-8-4-3-5-9-24)28-12-10-25(20-31(28)41(33)23-36)34(42)37-47(44,45)40-16-7-17-40/h10-13,20-21,24,30H,3-9,14-19,22-23H2,1-2H3,(H,37,42). The number of carbonyl (C=O) groups is 2. The van der Waals surface area contributed by atoms with Gasteiger partial charge in [0.25, 0.3) is 5.91 Å².